The summed E-state index contributed by atoms with van der Waals surface area (Å²) in [6.45, 7) is 2.73. The number of nitrogens with one attached hydrogen (secondary N) is 2. The van der Waals surface area contributed by atoms with Crippen LogP contribution in [0.4, 0.5) is 10.5 Å². The molecule has 2 amide bonds. The first kappa shape index (κ1) is 20.1. The Kier molecular flexibility index (Phi) is 6.84. The maximum atomic E-state index is 12.3. The molecule has 0 aliphatic carbocycles. The minimum Gasteiger partial charge on any atom is -0.325 e. The largest absolute Gasteiger partial charge is 0.325 e. The number of hydrogen-bond donors (Lipinski definition) is 2. The van der Waals surface area contributed by atoms with Gasteiger partial charge < -0.3 is 10.6 Å². The predicted octanol–water partition coefficient (Wildman–Crippen LogP) is 3.48. The number of rotatable bonds is 7. The number of hydrogen-bond acceptors (Lipinski definition) is 5. The van der Waals surface area contributed by atoms with Gasteiger partial charge in [-0.3, -0.25) is 9.59 Å². The Labute approximate surface area is 169 Å². The number of hydrazone groups is 1. The quantitative estimate of drug-likeness (QED) is 0.751. The van der Waals surface area contributed by atoms with E-state index in [-0.39, 0.29) is 17.7 Å². The highest BCUT2D eigenvalue weighted by Gasteiger charge is 2.22. The predicted molar refractivity (Wildman–Crippen MR) is 115 cm³/mol. The summed E-state index contributed by atoms with van der Waals surface area (Å²) < 4.78 is 0. The number of amides is 2. The van der Waals surface area contributed by atoms with E-state index < -0.39 is 0 Å². The summed E-state index contributed by atoms with van der Waals surface area (Å²) in [4.78, 5) is 24.1. The highest BCUT2D eigenvalue weighted by atomic mass is 32.2. The highest BCUT2D eigenvalue weighted by molar-refractivity contribution is 8.14. The summed E-state index contributed by atoms with van der Waals surface area (Å²) >= 11 is 1.26. The average Bonchev–Trinajstić information content (AvgIpc) is 2.70. The molecule has 2 N–H and O–H groups in total. The second-order valence-corrected chi connectivity index (χ2v) is 7.41. The van der Waals surface area contributed by atoms with Crippen LogP contribution in [0.5, 0.6) is 0 Å². The molecule has 0 atom stereocenters. The van der Waals surface area contributed by atoms with E-state index in [1.165, 1.54) is 22.3 Å². The molecule has 28 heavy (non-hydrogen) atoms. The third-order valence-corrected chi connectivity index (χ3v) is 5.24. The first-order valence-electron chi connectivity index (χ1n) is 9.23. The van der Waals surface area contributed by atoms with Crippen LogP contribution in [-0.2, 0) is 17.8 Å². The van der Waals surface area contributed by atoms with Crippen molar-refractivity contribution in [1.82, 2.24) is 10.3 Å². The Bertz CT molecular complexity index is 880. The Hall–Kier alpha value is -2.64. The third-order valence-electron chi connectivity index (χ3n) is 4.36. The van der Waals surface area contributed by atoms with Crippen molar-refractivity contribution in [3.8, 4) is 0 Å². The first-order chi connectivity index (χ1) is 13.6. The molecule has 0 saturated carbocycles. The Morgan fingerprint density at radius 1 is 1.18 bits per heavy atom. The minimum absolute atomic E-state index is 0.0708. The van der Waals surface area contributed by atoms with Gasteiger partial charge in [-0.15, -0.1) is 0 Å². The van der Waals surface area contributed by atoms with E-state index in [9.17, 15) is 9.59 Å². The molecular weight excluding hydrogens is 372 g/mol. The minimum atomic E-state index is -0.111. The zero-order valence-corrected chi connectivity index (χ0v) is 16.9. The summed E-state index contributed by atoms with van der Waals surface area (Å²) in [5.41, 5.74) is 4.82. The maximum Gasteiger partial charge on any atom is 0.302 e. The van der Waals surface area contributed by atoms with Crippen LogP contribution in [0, 0.1) is 0 Å². The molecule has 7 heteroatoms. The molecule has 0 aromatic heterocycles. The fourth-order valence-corrected chi connectivity index (χ4v) is 3.62. The number of benzene rings is 2. The smallest absolute Gasteiger partial charge is 0.302 e. The summed E-state index contributed by atoms with van der Waals surface area (Å²) in [5.74, 6) is 0.459. The highest BCUT2D eigenvalue weighted by Crippen LogP contribution is 2.23. The molecule has 3 rings (SSSR count). The number of thioether (sulfide) groups is 1. The van der Waals surface area contributed by atoms with Crippen molar-refractivity contribution in [2.24, 2.45) is 5.10 Å². The summed E-state index contributed by atoms with van der Waals surface area (Å²) in [6, 6.07) is 15.8. The van der Waals surface area contributed by atoms with Crippen molar-refractivity contribution in [2.75, 3.05) is 24.7 Å². The van der Waals surface area contributed by atoms with Gasteiger partial charge in [0.15, 0.2) is 0 Å². The van der Waals surface area contributed by atoms with Crippen molar-refractivity contribution in [2.45, 2.75) is 19.9 Å². The van der Waals surface area contributed by atoms with Gasteiger partial charge in [-0.05, 0) is 42.3 Å². The fraction of sp³-hybridized carbons (Fsp3) is 0.286. The Morgan fingerprint density at radius 2 is 1.96 bits per heavy atom. The molecular formula is C21H24N4O2S. The van der Waals surface area contributed by atoms with E-state index in [0.29, 0.717) is 18.0 Å². The van der Waals surface area contributed by atoms with Gasteiger partial charge in [0, 0.05) is 11.4 Å². The molecule has 1 aliphatic heterocycles. The lowest BCUT2D eigenvalue weighted by Crippen LogP contribution is -2.29. The van der Waals surface area contributed by atoms with Crippen LogP contribution in [0.25, 0.3) is 0 Å². The number of anilines is 1. The van der Waals surface area contributed by atoms with Crippen LogP contribution < -0.4 is 10.6 Å². The molecule has 0 fully saturated rings. The maximum absolute atomic E-state index is 12.3. The number of carbonyl (C=O) groups is 2. The number of nitrogens with zero attached hydrogens (tertiary/aromatic N) is 2. The van der Waals surface area contributed by atoms with Crippen LogP contribution in [0.2, 0.25) is 0 Å². The Balaban J connectivity index is 1.74. The van der Waals surface area contributed by atoms with Crippen LogP contribution in [0.1, 0.15) is 23.6 Å². The number of likely N-dealkylation sites (N-methyl/N-ethyl adjacent to an activating group) is 1. The van der Waals surface area contributed by atoms with Crippen molar-refractivity contribution >= 4 is 34.3 Å². The molecule has 0 unspecified atom stereocenters. The van der Waals surface area contributed by atoms with Gasteiger partial charge in [0.2, 0.25) is 5.91 Å². The van der Waals surface area contributed by atoms with Crippen LogP contribution >= 0.6 is 11.8 Å². The molecule has 146 valence electrons. The normalized spacial score (nSPS) is 14.0. The van der Waals surface area contributed by atoms with Crippen LogP contribution in [-0.4, -0.2) is 41.2 Å². The standard InChI is InChI=1S/C21H24N4O2S/c1-3-15-7-9-17(10-8-15)19-14-28-21(27)25(24-19)13-16-5-4-6-18(11-16)23-20(26)12-22-2/h4-11,22H,3,12-14H2,1-2H3,(H,23,26). The van der Waals surface area contributed by atoms with E-state index in [0.717, 1.165) is 23.3 Å². The lowest BCUT2D eigenvalue weighted by Gasteiger charge is -2.23. The van der Waals surface area contributed by atoms with Gasteiger partial charge in [-0.1, -0.05) is 55.1 Å². The monoisotopic (exact) mass is 396 g/mol. The summed E-state index contributed by atoms with van der Waals surface area (Å²) in [5, 5.41) is 11.7. The molecule has 0 saturated heterocycles. The summed E-state index contributed by atoms with van der Waals surface area (Å²) in [7, 11) is 1.72. The van der Waals surface area contributed by atoms with E-state index in [1.54, 1.807) is 7.05 Å². The van der Waals surface area contributed by atoms with Crippen LogP contribution in [0.3, 0.4) is 0 Å². The van der Waals surface area contributed by atoms with Crippen molar-refractivity contribution in [3.63, 3.8) is 0 Å². The first-order valence-corrected chi connectivity index (χ1v) is 10.2. The lowest BCUT2D eigenvalue weighted by molar-refractivity contribution is -0.115. The molecule has 0 spiro atoms. The van der Waals surface area contributed by atoms with E-state index in [1.807, 2.05) is 24.3 Å². The van der Waals surface area contributed by atoms with Gasteiger partial charge >= 0.3 is 5.24 Å². The van der Waals surface area contributed by atoms with Gasteiger partial charge in [0.1, 0.15) is 0 Å². The molecule has 2 aromatic rings. The molecule has 1 aliphatic rings. The number of aryl methyl sites for hydroxylation is 1. The lowest BCUT2D eigenvalue weighted by atomic mass is 10.1. The Morgan fingerprint density at radius 3 is 2.68 bits per heavy atom. The van der Waals surface area contributed by atoms with Gasteiger partial charge in [-0.2, -0.15) is 5.10 Å². The fourth-order valence-electron chi connectivity index (χ4n) is 2.88. The second-order valence-electron chi connectivity index (χ2n) is 6.49. The second kappa shape index (κ2) is 9.52. The molecule has 6 nitrogen and oxygen atoms in total. The van der Waals surface area contributed by atoms with Crippen LogP contribution in [0.15, 0.2) is 53.6 Å². The zero-order valence-electron chi connectivity index (χ0n) is 16.1. The van der Waals surface area contributed by atoms with E-state index in [2.05, 4.69) is 46.9 Å². The zero-order chi connectivity index (χ0) is 19.9. The molecule has 0 bridgehead atoms. The number of carbonyl (C=O) groups excluding carboxylic acids is 2. The topological polar surface area (TPSA) is 73.8 Å². The van der Waals surface area contributed by atoms with E-state index >= 15 is 0 Å². The van der Waals surface area contributed by atoms with E-state index in [4.69, 9.17) is 0 Å². The summed E-state index contributed by atoms with van der Waals surface area (Å²) in [6.07, 6.45) is 0.993. The van der Waals surface area contributed by atoms with Crippen molar-refractivity contribution < 1.29 is 9.59 Å². The van der Waals surface area contributed by atoms with Crippen molar-refractivity contribution in [1.29, 1.82) is 0 Å². The van der Waals surface area contributed by atoms with Gasteiger partial charge in [0.05, 0.1) is 18.8 Å². The third kappa shape index (κ3) is 5.21. The molecule has 0 radical (unpaired) electrons. The average molecular weight is 397 g/mol. The van der Waals surface area contributed by atoms with Crippen molar-refractivity contribution in [3.05, 3.63) is 65.2 Å². The molecule has 1 heterocycles. The SMILES string of the molecule is CCc1ccc(C2=NN(Cc3cccc(NC(=O)CNC)c3)C(=O)SC2)cc1. The van der Waals surface area contributed by atoms with Gasteiger partial charge in [-0.25, -0.2) is 5.01 Å². The van der Waals surface area contributed by atoms with Gasteiger partial charge in [0.25, 0.3) is 0 Å². The molecule has 2 aromatic carbocycles.